The Balaban J connectivity index is 3.84. The van der Waals surface area contributed by atoms with Gasteiger partial charge in [-0.3, -0.25) is 0 Å². The molecule has 0 aromatic rings. The second-order valence-electron chi connectivity index (χ2n) is 4.68. The van der Waals surface area contributed by atoms with Crippen molar-refractivity contribution in [3.8, 4) is 0 Å². The van der Waals surface area contributed by atoms with Crippen molar-refractivity contribution >= 4 is 0 Å². The zero-order valence-corrected chi connectivity index (χ0v) is 12.3. The van der Waals surface area contributed by atoms with E-state index in [0.717, 1.165) is 25.7 Å². The van der Waals surface area contributed by atoms with E-state index in [2.05, 4.69) is 0 Å². The number of rotatable bonds is 11. The van der Waals surface area contributed by atoms with Crippen molar-refractivity contribution < 1.29 is 19.7 Å². The molecule has 0 spiro atoms. The standard InChI is InChI=1S/C14H30O4/c1-5-11(6-2)17-9-13(15)14(16)10-18-12(7-3)8-4/h11-16H,5-10H2,1-4H3/t13-,14-/m0/s1. The summed E-state index contributed by atoms with van der Waals surface area (Å²) in [5, 5.41) is 19.5. The van der Waals surface area contributed by atoms with E-state index >= 15 is 0 Å². The topological polar surface area (TPSA) is 58.9 Å². The molecule has 0 amide bonds. The third-order valence-corrected chi connectivity index (χ3v) is 3.27. The molecule has 0 aromatic carbocycles. The molecule has 0 saturated carbocycles. The fourth-order valence-electron chi connectivity index (χ4n) is 1.74. The average molecular weight is 262 g/mol. The zero-order chi connectivity index (χ0) is 14.0. The van der Waals surface area contributed by atoms with Gasteiger partial charge in [-0.25, -0.2) is 0 Å². The van der Waals surface area contributed by atoms with Crippen molar-refractivity contribution in [2.24, 2.45) is 0 Å². The molecule has 0 rings (SSSR count). The van der Waals surface area contributed by atoms with E-state index in [0.29, 0.717) is 0 Å². The van der Waals surface area contributed by atoms with Crippen molar-refractivity contribution in [2.75, 3.05) is 13.2 Å². The van der Waals surface area contributed by atoms with Gasteiger partial charge in [0.2, 0.25) is 0 Å². The largest absolute Gasteiger partial charge is 0.388 e. The molecule has 0 aromatic heterocycles. The number of hydrogen-bond acceptors (Lipinski definition) is 4. The smallest absolute Gasteiger partial charge is 0.105 e. The molecule has 0 radical (unpaired) electrons. The average Bonchev–Trinajstić information content (AvgIpc) is 2.40. The fourth-order valence-corrected chi connectivity index (χ4v) is 1.74. The first-order valence-corrected chi connectivity index (χ1v) is 7.18. The van der Waals surface area contributed by atoms with E-state index < -0.39 is 12.2 Å². The van der Waals surface area contributed by atoms with Gasteiger partial charge in [0, 0.05) is 0 Å². The van der Waals surface area contributed by atoms with Crippen LogP contribution in [0.2, 0.25) is 0 Å². The number of aliphatic hydroxyl groups excluding tert-OH is 2. The lowest BCUT2D eigenvalue weighted by atomic mass is 10.2. The molecule has 0 aliphatic heterocycles. The summed E-state index contributed by atoms with van der Waals surface area (Å²) in [5.41, 5.74) is 0. The van der Waals surface area contributed by atoms with Gasteiger partial charge in [0.25, 0.3) is 0 Å². The molecule has 2 N–H and O–H groups in total. The van der Waals surface area contributed by atoms with E-state index in [9.17, 15) is 10.2 Å². The van der Waals surface area contributed by atoms with Crippen LogP contribution in [0.1, 0.15) is 53.4 Å². The lowest BCUT2D eigenvalue weighted by Gasteiger charge is -2.23. The Bertz CT molecular complexity index is 159. The third-order valence-electron chi connectivity index (χ3n) is 3.27. The van der Waals surface area contributed by atoms with Crippen LogP contribution in [0, 0.1) is 0 Å². The molecule has 0 heterocycles. The maximum Gasteiger partial charge on any atom is 0.105 e. The van der Waals surface area contributed by atoms with Gasteiger partial charge in [-0.15, -0.1) is 0 Å². The Morgan fingerprint density at radius 1 is 0.667 bits per heavy atom. The molecule has 2 atom stereocenters. The Hall–Kier alpha value is -0.160. The molecule has 0 saturated heterocycles. The van der Waals surface area contributed by atoms with Crippen molar-refractivity contribution in [2.45, 2.75) is 77.8 Å². The lowest BCUT2D eigenvalue weighted by Crippen LogP contribution is -2.36. The minimum atomic E-state index is -0.875. The van der Waals surface area contributed by atoms with Crippen molar-refractivity contribution in [3.63, 3.8) is 0 Å². The highest BCUT2D eigenvalue weighted by molar-refractivity contribution is 4.68. The van der Waals surface area contributed by atoms with Gasteiger partial charge in [0.1, 0.15) is 12.2 Å². The van der Waals surface area contributed by atoms with Crippen LogP contribution in [0.4, 0.5) is 0 Å². The third kappa shape index (κ3) is 7.31. The minimum absolute atomic E-state index is 0.159. The van der Waals surface area contributed by atoms with Gasteiger partial charge in [-0.1, -0.05) is 27.7 Å². The molecule has 18 heavy (non-hydrogen) atoms. The molecular formula is C14H30O4. The molecule has 0 bridgehead atoms. The summed E-state index contributed by atoms with van der Waals surface area (Å²) in [6.45, 7) is 8.53. The molecule has 0 aliphatic carbocycles. The highest BCUT2D eigenvalue weighted by atomic mass is 16.5. The van der Waals surface area contributed by atoms with E-state index in [1.807, 2.05) is 27.7 Å². The van der Waals surface area contributed by atoms with Crippen molar-refractivity contribution in [3.05, 3.63) is 0 Å². The number of hydrogen-bond donors (Lipinski definition) is 2. The van der Waals surface area contributed by atoms with Crippen LogP contribution < -0.4 is 0 Å². The van der Waals surface area contributed by atoms with Gasteiger partial charge in [0.05, 0.1) is 25.4 Å². The van der Waals surface area contributed by atoms with Crippen LogP contribution in [0.25, 0.3) is 0 Å². The summed E-state index contributed by atoms with van der Waals surface area (Å²) in [6.07, 6.45) is 2.25. The van der Waals surface area contributed by atoms with Crippen LogP contribution in [0.5, 0.6) is 0 Å². The predicted molar refractivity (Wildman–Crippen MR) is 72.7 cm³/mol. The molecular weight excluding hydrogens is 232 g/mol. The lowest BCUT2D eigenvalue weighted by molar-refractivity contribution is -0.0970. The Labute approximate surface area is 111 Å². The quantitative estimate of drug-likeness (QED) is 0.599. The van der Waals surface area contributed by atoms with Crippen LogP contribution in [-0.4, -0.2) is 47.8 Å². The molecule has 4 nitrogen and oxygen atoms in total. The Morgan fingerprint density at radius 2 is 0.944 bits per heavy atom. The highest BCUT2D eigenvalue weighted by Crippen LogP contribution is 2.07. The first-order valence-electron chi connectivity index (χ1n) is 7.18. The van der Waals surface area contributed by atoms with Gasteiger partial charge in [-0.05, 0) is 25.7 Å². The first kappa shape index (κ1) is 17.8. The van der Waals surface area contributed by atoms with E-state index in [1.165, 1.54) is 0 Å². The molecule has 0 unspecified atom stereocenters. The fraction of sp³-hybridized carbons (Fsp3) is 1.00. The summed E-state index contributed by atoms with van der Waals surface area (Å²) in [7, 11) is 0. The molecule has 110 valence electrons. The SMILES string of the molecule is CCC(CC)OC[C@H](O)[C@@H](O)COC(CC)CC. The van der Waals surface area contributed by atoms with Crippen LogP contribution in [-0.2, 0) is 9.47 Å². The second kappa shape index (κ2) is 10.7. The van der Waals surface area contributed by atoms with Crippen molar-refractivity contribution in [1.82, 2.24) is 0 Å². The number of ether oxygens (including phenoxy) is 2. The Kier molecular flexibility index (Phi) is 10.6. The van der Waals surface area contributed by atoms with Crippen LogP contribution in [0.3, 0.4) is 0 Å². The molecule has 4 heteroatoms. The maximum atomic E-state index is 9.76. The number of aliphatic hydroxyl groups is 2. The van der Waals surface area contributed by atoms with Gasteiger partial charge in [-0.2, -0.15) is 0 Å². The van der Waals surface area contributed by atoms with Crippen molar-refractivity contribution in [1.29, 1.82) is 0 Å². The molecule has 0 fully saturated rings. The van der Waals surface area contributed by atoms with Crippen LogP contribution >= 0.6 is 0 Å². The Morgan fingerprint density at radius 3 is 1.17 bits per heavy atom. The summed E-state index contributed by atoms with van der Waals surface area (Å²) in [6, 6.07) is 0. The first-order chi connectivity index (χ1) is 8.58. The summed E-state index contributed by atoms with van der Waals surface area (Å²) >= 11 is 0. The normalized spacial score (nSPS) is 15.3. The monoisotopic (exact) mass is 262 g/mol. The van der Waals surface area contributed by atoms with E-state index in [-0.39, 0.29) is 25.4 Å². The van der Waals surface area contributed by atoms with E-state index in [4.69, 9.17) is 9.47 Å². The van der Waals surface area contributed by atoms with Gasteiger partial charge < -0.3 is 19.7 Å². The predicted octanol–water partition coefficient (Wildman–Crippen LogP) is 2.12. The summed E-state index contributed by atoms with van der Waals surface area (Å²) in [4.78, 5) is 0. The summed E-state index contributed by atoms with van der Waals surface area (Å²) < 4.78 is 11.0. The minimum Gasteiger partial charge on any atom is -0.388 e. The highest BCUT2D eigenvalue weighted by Gasteiger charge is 2.19. The maximum absolute atomic E-state index is 9.76. The molecule has 0 aliphatic rings. The second-order valence-corrected chi connectivity index (χ2v) is 4.68. The zero-order valence-electron chi connectivity index (χ0n) is 12.3. The van der Waals surface area contributed by atoms with Crippen LogP contribution in [0.15, 0.2) is 0 Å². The van der Waals surface area contributed by atoms with Gasteiger partial charge >= 0.3 is 0 Å². The van der Waals surface area contributed by atoms with Gasteiger partial charge in [0.15, 0.2) is 0 Å². The van der Waals surface area contributed by atoms with E-state index in [1.54, 1.807) is 0 Å². The summed E-state index contributed by atoms with van der Waals surface area (Å²) in [5.74, 6) is 0.